The van der Waals surface area contributed by atoms with E-state index < -0.39 is 17.0 Å². The van der Waals surface area contributed by atoms with Crippen LogP contribution in [0.1, 0.15) is 43.9 Å². The maximum Gasteiger partial charge on any atom is 0.225 e. The van der Waals surface area contributed by atoms with Crippen LogP contribution in [0.4, 0.5) is 8.78 Å². The average Bonchev–Trinajstić information content (AvgIpc) is 3.12. The number of hydrogen-bond acceptors (Lipinski definition) is 3. The number of carbonyl (C=O) groups is 1. The Morgan fingerprint density at radius 1 is 1.12 bits per heavy atom. The van der Waals surface area contributed by atoms with Gasteiger partial charge in [-0.3, -0.25) is 10.2 Å². The van der Waals surface area contributed by atoms with E-state index in [1.54, 1.807) is 29.2 Å². The van der Waals surface area contributed by atoms with Gasteiger partial charge >= 0.3 is 0 Å². The molecule has 2 aromatic rings. The van der Waals surface area contributed by atoms with Crippen molar-refractivity contribution in [3.05, 3.63) is 69.0 Å². The van der Waals surface area contributed by atoms with Crippen LogP contribution in [0.3, 0.4) is 0 Å². The van der Waals surface area contributed by atoms with E-state index in [1.807, 2.05) is 32.9 Å². The molecule has 4 rings (SSSR count). The molecule has 32 heavy (non-hydrogen) atoms. The molecule has 9 heteroatoms. The third-order valence-corrected chi connectivity index (χ3v) is 6.55. The zero-order valence-electron chi connectivity index (χ0n) is 17.9. The first-order chi connectivity index (χ1) is 14.5. The predicted octanol–water partition coefficient (Wildman–Crippen LogP) is 5.83. The van der Waals surface area contributed by atoms with Crippen LogP contribution in [0.25, 0.3) is 0 Å². The van der Waals surface area contributed by atoms with Crippen molar-refractivity contribution in [3.63, 3.8) is 0 Å². The Hall–Kier alpha value is -1.89. The molecule has 1 fully saturated rings. The zero-order chi connectivity index (χ0) is 22.6. The van der Waals surface area contributed by atoms with Crippen molar-refractivity contribution in [3.8, 4) is 0 Å². The highest BCUT2D eigenvalue weighted by atomic mass is 35.5. The van der Waals surface area contributed by atoms with Gasteiger partial charge in [-0.15, -0.1) is 12.4 Å². The molecule has 1 saturated heterocycles. The fraction of sp³-hybridized carbons (Fsp3) is 0.391. The molecule has 2 aromatic carbocycles. The summed E-state index contributed by atoms with van der Waals surface area (Å²) < 4.78 is 29.0. The Bertz CT molecular complexity index is 1050. The highest BCUT2D eigenvalue weighted by Crippen LogP contribution is 2.38. The van der Waals surface area contributed by atoms with Crippen molar-refractivity contribution in [2.24, 2.45) is 11.0 Å². The second-order valence-corrected chi connectivity index (χ2v) is 9.64. The van der Waals surface area contributed by atoms with E-state index in [2.05, 4.69) is 10.5 Å². The normalized spacial score (nSPS) is 21.5. The molecule has 2 aliphatic heterocycles. The lowest BCUT2D eigenvalue weighted by Gasteiger charge is -2.45. The minimum absolute atomic E-state index is 0. The largest absolute Gasteiger partial charge is 0.335 e. The van der Waals surface area contributed by atoms with Gasteiger partial charge in [-0.2, -0.15) is 5.10 Å². The third-order valence-electron chi connectivity index (χ3n) is 6.00. The molecule has 172 valence electrons. The van der Waals surface area contributed by atoms with Gasteiger partial charge in [0.1, 0.15) is 0 Å². The average molecular weight is 503 g/mol. The van der Waals surface area contributed by atoms with Crippen LogP contribution in [-0.2, 0) is 16.0 Å². The fourth-order valence-electron chi connectivity index (χ4n) is 4.04. The number of amides is 1. The molecule has 4 nitrogen and oxygen atoms in total. The lowest BCUT2D eigenvalue weighted by molar-refractivity contribution is -0.149. The van der Waals surface area contributed by atoms with Crippen molar-refractivity contribution < 1.29 is 13.6 Å². The zero-order valence-corrected chi connectivity index (χ0v) is 20.2. The number of carbonyl (C=O) groups excluding carboxylic acids is 1. The van der Waals surface area contributed by atoms with Crippen LogP contribution in [-0.4, -0.2) is 29.6 Å². The van der Waals surface area contributed by atoms with Crippen LogP contribution < -0.4 is 5.43 Å². The second kappa shape index (κ2) is 8.81. The molecular weight excluding hydrogens is 479 g/mol. The molecule has 0 aliphatic carbocycles. The van der Waals surface area contributed by atoms with Crippen LogP contribution in [0.5, 0.6) is 0 Å². The number of benzene rings is 2. The molecule has 0 spiro atoms. The van der Waals surface area contributed by atoms with Gasteiger partial charge in [-0.05, 0) is 35.7 Å². The minimum atomic E-state index is -1.52. The minimum Gasteiger partial charge on any atom is -0.335 e. The topological polar surface area (TPSA) is 44.7 Å². The van der Waals surface area contributed by atoms with Gasteiger partial charge in [0, 0.05) is 12.3 Å². The summed E-state index contributed by atoms with van der Waals surface area (Å²) >= 11 is 11.9. The van der Waals surface area contributed by atoms with Gasteiger partial charge in [0.25, 0.3) is 0 Å². The number of rotatable bonds is 4. The number of nitrogens with one attached hydrogen (secondary N) is 1. The third kappa shape index (κ3) is 4.33. The summed E-state index contributed by atoms with van der Waals surface area (Å²) in [7, 11) is 0. The molecule has 1 atom stereocenters. The summed E-state index contributed by atoms with van der Waals surface area (Å²) in [4.78, 5) is 13.6. The standard InChI is InChI=1S/C23H23Cl2F2N3O.ClH/c1-13(2)21(31)30-11-23(27,12-30)15-6-4-14(5-7-15)19-10-22(3,29-28-19)16-8-17(24)20(26)18(25)9-16;/h4-9,13,29H,10-12H2,1-3H3;1H. The molecule has 0 saturated carbocycles. The molecule has 0 aromatic heterocycles. The summed E-state index contributed by atoms with van der Waals surface area (Å²) in [5.41, 5.74) is 3.92. The smallest absolute Gasteiger partial charge is 0.225 e. The van der Waals surface area contributed by atoms with Crippen molar-refractivity contribution >= 4 is 47.2 Å². The van der Waals surface area contributed by atoms with Crippen molar-refractivity contribution in [2.45, 2.75) is 38.4 Å². The van der Waals surface area contributed by atoms with E-state index in [4.69, 9.17) is 23.2 Å². The van der Waals surface area contributed by atoms with Crippen LogP contribution >= 0.6 is 35.6 Å². The highest BCUT2D eigenvalue weighted by Gasteiger charge is 2.47. The number of hydrogen-bond donors (Lipinski definition) is 1. The molecule has 1 amide bonds. The Balaban J connectivity index is 0.00000289. The first-order valence-corrected chi connectivity index (χ1v) is 10.9. The van der Waals surface area contributed by atoms with E-state index in [0.29, 0.717) is 12.0 Å². The van der Waals surface area contributed by atoms with Gasteiger partial charge in [0.2, 0.25) is 5.91 Å². The molecule has 0 bridgehead atoms. The quantitative estimate of drug-likeness (QED) is 0.535. The summed E-state index contributed by atoms with van der Waals surface area (Å²) in [5.74, 6) is -0.813. The van der Waals surface area contributed by atoms with E-state index in [1.165, 1.54) is 0 Å². The summed E-state index contributed by atoms with van der Waals surface area (Å²) in [6, 6.07) is 10.3. The van der Waals surface area contributed by atoms with Gasteiger partial charge in [0.05, 0.1) is 34.4 Å². The van der Waals surface area contributed by atoms with Gasteiger partial charge in [0.15, 0.2) is 11.5 Å². The molecule has 0 radical (unpaired) electrons. The maximum absolute atomic E-state index is 15.2. The van der Waals surface area contributed by atoms with E-state index in [-0.39, 0.29) is 47.4 Å². The molecular formula is C23H24Cl3F2N3O. The van der Waals surface area contributed by atoms with E-state index in [9.17, 15) is 9.18 Å². The van der Waals surface area contributed by atoms with Gasteiger partial charge < -0.3 is 4.90 Å². The number of hydrazone groups is 1. The summed E-state index contributed by atoms with van der Waals surface area (Å²) in [5, 5.41) is 4.36. The Morgan fingerprint density at radius 2 is 1.69 bits per heavy atom. The van der Waals surface area contributed by atoms with Crippen molar-refractivity contribution in [1.29, 1.82) is 0 Å². The number of alkyl halides is 1. The first-order valence-electron chi connectivity index (χ1n) is 10.1. The van der Waals surface area contributed by atoms with Gasteiger partial charge in [-0.25, -0.2) is 8.78 Å². The Labute approximate surface area is 202 Å². The van der Waals surface area contributed by atoms with Crippen molar-refractivity contribution in [2.75, 3.05) is 13.1 Å². The number of halogens is 5. The van der Waals surface area contributed by atoms with Crippen LogP contribution in [0.2, 0.25) is 10.0 Å². The predicted molar refractivity (Wildman–Crippen MR) is 126 cm³/mol. The summed E-state index contributed by atoms with van der Waals surface area (Å²) in [6.07, 6.45) is 0.530. The van der Waals surface area contributed by atoms with Gasteiger partial charge in [-0.1, -0.05) is 61.3 Å². The van der Waals surface area contributed by atoms with Crippen LogP contribution in [0, 0.1) is 11.7 Å². The van der Waals surface area contributed by atoms with Crippen LogP contribution in [0.15, 0.2) is 41.5 Å². The SMILES string of the molecule is CC(C)C(=O)N1CC(F)(c2ccc(C3=NNC(C)(c4cc(Cl)c(F)c(Cl)c4)C3)cc2)C1.Cl. The summed E-state index contributed by atoms with van der Waals surface area (Å²) in [6.45, 7) is 5.72. The van der Waals surface area contributed by atoms with E-state index in [0.717, 1.165) is 16.8 Å². The second-order valence-electron chi connectivity index (χ2n) is 8.82. The number of nitrogens with zero attached hydrogens (tertiary/aromatic N) is 2. The first kappa shape index (κ1) is 24.7. The molecule has 2 aliphatic rings. The molecule has 2 heterocycles. The molecule has 1 N–H and O–H groups in total. The maximum atomic E-state index is 15.2. The Morgan fingerprint density at radius 3 is 2.22 bits per heavy atom. The lowest BCUT2D eigenvalue weighted by atomic mass is 9.84. The van der Waals surface area contributed by atoms with Crippen molar-refractivity contribution in [1.82, 2.24) is 10.3 Å². The monoisotopic (exact) mass is 501 g/mol. The fourth-order valence-corrected chi connectivity index (χ4v) is 4.52. The number of likely N-dealkylation sites (tertiary alicyclic amines) is 1. The highest BCUT2D eigenvalue weighted by molar-refractivity contribution is 6.35. The Kier molecular flexibility index (Phi) is 6.81. The lowest BCUT2D eigenvalue weighted by Crippen LogP contribution is -2.59. The van der Waals surface area contributed by atoms with E-state index >= 15 is 4.39 Å². The molecule has 1 unspecified atom stereocenters.